The lowest BCUT2D eigenvalue weighted by atomic mass is 9.83. The molecule has 0 fully saturated rings. The van der Waals surface area contributed by atoms with Crippen LogP contribution in [0.5, 0.6) is 11.5 Å². The van der Waals surface area contributed by atoms with E-state index in [4.69, 9.17) is 9.47 Å². The molecule has 3 aromatic rings. The predicted octanol–water partition coefficient (Wildman–Crippen LogP) is 4.05. The highest BCUT2D eigenvalue weighted by atomic mass is 16.5. The van der Waals surface area contributed by atoms with Crippen LogP contribution in [0.4, 0.5) is 0 Å². The Morgan fingerprint density at radius 1 is 1.08 bits per heavy atom. The van der Waals surface area contributed by atoms with Crippen molar-refractivity contribution in [2.24, 2.45) is 5.41 Å². The summed E-state index contributed by atoms with van der Waals surface area (Å²) in [6, 6.07) is 10.9. The van der Waals surface area contributed by atoms with Crippen LogP contribution in [0.3, 0.4) is 0 Å². The number of hydrogen-bond acceptors (Lipinski definition) is 6. The number of carbonyl (C=O) groups is 2. The van der Waals surface area contributed by atoms with Crippen molar-refractivity contribution in [1.29, 1.82) is 0 Å². The zero-order valence-corrected chi connectivity index (χ0v) is 22.4. The summed E-state index contributed by atoms with van der Waals surface area (Å²) in [6.07, 6.45) is 2.56. The van der Waals surface area contributed by atoms with E-state index in [-0.39, 0.29) is 18.3 Å². The van der Waals surface area contributed by atoms with Crippen LogP contribution < -0.4 is 20.9 Å². The number of nitrogens with zero attached hydrogens (tertiary/aromatic N) is 3. The molecule has 0 radical (unpaired) electrons. The van der Waals surface area contributed by atoms with Gasteiger partial charge in [0, 0.05) is 17.2 Å². The van der Waals surface area contributed by atoms with Crippen molar-refractivity contribution < 1.29 is 19.1 Å². The number of fused-ring (bicyclic) bond motifs is 5. The SMILES string of the molecule is CCC(C)(C)C(=O)Oc1ccc2c(c1)OC(C)(C)C1=CCn3c(=O)n(-c4ccc(C(C)=O)cc4)c(=O)n3C12. The van der Waals surface area contributed by atoms with Gasteiger partial charge in [-0.1, -0.05) is 13.0 Å². The Labute approximate surface area is 219 Å². The highest BCUT2D eigenvalue weighted by molar-refractivity contribution is 5.94. The Kier molecular flexibility index (Phi) is 5.85. The number of rotatable bonds is 5. The number of esters is 1. The minimum atomic E-state index is -0.783. The van der Waals surface area contributed by atoms with E-state index in [2.05, 4.69) is 0 Å². The molecule has 0 bridgehead atoms. The highest BCUT2D eigenvalue weighted by Crippen LogP contribution is 2.47. The van der Waals surface area contributed by atoms with Crippen molar-refractivity contribution in [1.82, 2.24) is 13.9 Å². The molecule has 2 aliphatic rings. The summed E-state index contributed by atoms with van der Waals surface area (Å²) in [4.78, 5) is 51.5. The summed E-state index contributed by atoms with van der Waals surface area (Å²) in [6.45, 7) is 11.1. The van der Waals surface area contributed by atoms with Crippen LogP contribution in [0.25, 0.3) is 5.69 Å². The smallest absolute Gasteiger partial charge is 0.352 e. The number of benzene rings is 2. The third-order valence-corrected chi connectivity index (χ3v) is 7.60. The molecule has 0 N–H and O–H groups in total. The monoisotopic (exact) mass is 517 g/mol. The fraction of sp³-hybridized carbons (Fsp3) is 0.379. The maximum absolute atomic E-state index is 13.8. The van der Waals surface area contributed by atoms with Crippen LogP contribution in [0.1, 0.15) is 69.9 Å². The van der Waals surface area contributed by atoms with Crippen LogP contribution in [0.2, 0.25) is 0 Å². The van der Waals surface area contributed by atoms with Crippen molar-refractivity contribution in [2.75, 3.05) is 0 Å². The standard InChI is InChI=1S/C29H31N3O6/c1-7-28(3,4)25(34)37-20-12-13-21-23(16-20)38-29(5,6)22-14-15-30-26(35)31(27(36)32(30)24(21)22)19-10-8-18(9-11-19)17(2)33/h8-14,16,24H,7,15H2,1-6H3. The second-order valence-electron chi connectivity index (χ2n) is 10.9. The van der Waals surface area contributed by atoms with E-state index in [1.165, 1.54) is 16.3 Å². The first-order valence-electron chi connectivity index (χ1n) is 12.7. The van der Waals surface area contributed by atoms with Crippen molar-refractivity contribution in [2.45, 2.75) is 66.2 Å². The molecular weight excluding hydrogens is 486 g/mol. The van der Waals surface area contributed by atoms with Gasteiger partial charge in [0.15, 0.2) is 5.78 Å². The van der Waals surface area contributed by atoms with Gasteiger partial charge in [0.1, 0.15) is 23.1 Å². The first-order valence-corrected chi connectivity index (χ1v) is 12.7. The lowest BCUT2D eigenvalue weighted by Gasteiger charge is -2.42. The molecule has 38 heavy (non-hydrogen) atoms. The third-order valence-electron chi connectivity index (χ3n) is 7.60. The summed E-state index contributed by atoms with van der Waals surface area (Å²) in [5.41, 5.74) is 0.0306. The van der Waals surface area contributed by atoms with Crippen molar-refractivity contribution in [3.05, 3.63) is 86.2 Å². The molecule has 3 heterocycles. The second-order valence-corrected chi connectivity index (χ2v) is 10.9. The zero-order chi connectivity index (χ0) is 27.6. The normalized spacial score (nSPS) is 17.4. The molecule has 0 saturated carbocycles. The van der Waals surface area contributed by atoms with Crippen LogP contribution in [-0.4, -0.2) is 31.3 Å². The molecule has 0 saturated heterocycles. The Balaban J connectivity index is 1.62. The summed E-state index contributed by atoms with van der Waals surface area (Å²) < 4.78 is 16.0. The topological polar surface area (TPSA) is 102 Å². The summed E-state index contributed by atoms with van der Waals surface area (Å²) in [5.74, 6) is 0.381. The van der Waals surface area contributed by atoms with Crippen molar-refractivity contribution >= 4 is 11.8 Å². The molecule has 9 heteroatoms. The Morgan fingerprint density at radius 3 is 2.39 bits per heavy atom. The van der Waals surface area contributed by atoms with Gasteiger partial charge in [0.05, 0.1) is 17.6 Å². The Bertz CT molecular complexity index is 1620. The molecule has 1 atom stereocenters. The van der Waals surface area contributed by atoms with Crippen molar-refractivity contribution in [3.63, 3.8) is 0 Å². The Morgan fingerprint density at radius 2 is 1.76 bits per heavy atom. The number of allylic oxidation sites excluding steroid dienone is 1. The van der Waals surface area contributed by atoms with Crippen LogP contribution in [0.15, 0.2) is 63.7 Å². The van der Waals surface area contributed by atoms with Gasteiger partial charge in [-0.2, -0.15) is 0 Å². The van der Waals surface area contributed by atoms with Gasteiger partial charge >= 0.3 is 17.3 Å². The molecule has 1 unspecified atom stereocenters. The maximum Gasteiger partial charge on any atom is 0.352 e. The maximum atomic E-state index is 13.8. The van der Waals surface area contributed by atoms with Crippen molar-refractivity contribution in [3.8, 4) is 17.2 Å². The van der Waals surface area contributed by atoms with Crippen LogP contribution >= 0.6 is 0 Å². The van der Waals surface area contributed by atoms with Crippen LogP contribution in [0, 0.1) is 5.41 Å². The van der Waals surface area contributed by atoms with E-state index in [1.54, 1.807) is 42.5 Å². The third kappa shape index (κ3) is 3.93. The average Bonchev–Trinajstić information content (AvgIpc) is 3.13. The van der Waals surface area contributed by atoms with Gasteiger partial charge in [-0.15, -0.1) is 0 Å². The number of ether oxygens (including phenoxy) is 2. The molecular formula is C29H31N3O6. The molecule has 1 aromatic heterocycles. The number of aromatic nitrogens is 3. The van der Waals surface area contributed by atoms with E-state index in [0.717, 1.165) is 10.1 Å². The summed E-state index contributed by atoms with van der Waals surface area (Å²) >= 11 is 0. The molecule has 0 aliphatic carbocycles. The van der Waals surface area contributed by atoms with Gasteiger partial charge in [-0.05, 0) is 83.0 Å². The lowest BCUT2D eigenvalue weighted by Crippen LogP contribution is -2.46. The second kappa shape index (κ2) is 8.72. The average molecular weight is 518 g/mol. The van der Waals surface area contributed by atoms with Gasteiger partial charge in [0.2, 0.25) is 0 Å². The van der Waals surface area contributed by atoms with Gasteiger partial charge in [0.25, 0.3) is 0 Å². The van der Waals surface area contributed by atoms with Gasteiger partial charge in [-0.3, -0.25) is 9.59 Å². The molecule has 2 aromatic carbocycles. The fourth-order valence-electron chi connectivity index (χ4n) is 4.90. The van der Waals surface area contributed by atoms with E-state index < -0.39 is 28.4 Å². The quantitative estimate of drug-likeness (QED) is 0.219. The highest BCUT2D eigenvalue weighted by Gasteiger charge is 2.44. The fourth-order valence-corrected chi connectivity index (χ4v) is 4.90. The van der Waals surface area contributed by atoms with E-state index in [1.807, 2.05) is 40.7 Å². The molecule has 2 aliphatic heterocycles. The minimum Gasteiger partial charge on any atom is -0.483 e. The number of ketones is 1. The number of hydrogen-bond donors (Lipinski definition) is 0. The molecule has 5 rings (SSSR count). The zero-order valence-electron chi connectivity index (χ0n) is 22.4. The largest absolute Gasteiger partial charge is 0.483 e. The molecule has 0 spiro atoms. The summed E-state index contributed by atoms with van der Waals surface area (Å²) in [7, 11) is 0. The molecule has 9 nitrogen and oxygen atoms in total. The predicted molar refractivity (Wildman–Crippen MR) is 141 cm³/mol. The Hall–Kier alpha value is -4.14. The number of carbonyl (C=O) groups excluding carboxylic acids is 2. The first-order chi connectivity index (χ1) is 17.9. The van der Waals surface area contributed by atoms with Gasteiger partial charge < -0.3 is 9.47 Å². The van der Waals surface area contributed by atoms with Gasteiger partial charge in [-0.25, -0.2) is 23.5 Å². The van der Waals surface area contributed by atoms with E-state index in [0.29, 0.717) is 34.7 Å². The van der Waals surface area contributed by atoms with Crippen LogP contribution in [-0.2, 0) is 11.3 Å². The molecule has 0 amide bonds. The van der Waals surface area contributed by atoms with E-state index >= 15 is 0 Å². The lowest BCUT2D eigenvalue weighted by molar-refractivity contribution is -0.144. The molecule has 198 valence electrons. The minimum absolute atomic E-state index is 0.102. The number of Topliss-reactive ketones (excluding diaryl/α,β-unsaturated/α-hetero) is 1. The summed E-state index contributed by atoms with van der Waals surface area (Å²) in [5, 5.41) is 0. The first kappa shape index (κ1) is 25.5. The van der Waals surface area contributed by atoms with E-state index in [9.17, 15) is 19.2 Å².